The molecular formula is C27H29FN2O5S. The van der Waals surface area contributed by atoms with E-state index in [2.05, 4.69) is 10.2 Å². The largest absolute Gasteiger partial charge is 0.497 e. The first-order valence-corrected chi connectivity index (χ1v) is 11.8. The van der Waals surface area contributed by atoms with Crippen LogP contribution in [0.15, 0.2) is 54.6 Å². The number of hydrogen-bond donors (Lipinski definition) is 1. The molecule has 0 bridgehead atoms. The van der Waals surface area contributed by atoms with Crippen molar-refractivity contribution in [1.82, 2.24) is 4.90 Å². The third kappa shape index (κ3) is 5.41. The first kappa shape index (κ1) is 25.4. The number of nitrogens with zero attached hydrogens (tertiary/aromatic N) is 1. The van der Waals surface area contributed by atoms with Crippen molar-refractivity contribution in [3.05, 3.63) is 71.5 Å². The minimum absolute atomic E-state index is 0.241. The first-order chi connectivity index (χ1) is 17.5. The molecule has 190 valence electrons. The Hall–Kier alpha value is -3.72. The highest BCUT2D eigenvalue weighted by atomic mass is 32.1. The molecule has 1 N–H and O–H groups in total. The standard InChI is InChI=1S/C27H29FN2O5S/c1-31-20-9-10-24(32-2)22(14-20)29-27(36)30-12-11-17-13-25(33-3)26(34-4)15-21(17)23(30)16-35-19-7-5-18(28)6-8-19/h5-10,13-15,23H,11-12,16H2,1-4H3,(H,29,36)/t23-/m1/s1. The van der Waals surface area contributed by atoms with Crippen molar-refractivity contribution < 1.29 is 28.1 Å². The molecule has 1 atom stereocenters. The molecule has 0 unspecified atom stereocenters. The zero-order valence-corrected chi connectivity index (χ0v) is 21.5. The summed E-state index contributed by atoms with van der Waals surface area (Å²) in [5, 5.41) is 3.82. The number of fused-ring (bicyclic) bond motifs is 1. The van der Waals surface area contributed by atoms with Gasteiger partial charge in [-0.1, -0.05) is 0 Å². The minimum Gasteiger partial charge on any atom is -0.497 e. The van der Waals surface area contributed by atoms with Crippen LogP contribution in [-0.4, -0.2) is 51.6 Å². The van der Waals surface area contributed by atoms with Gasteiger partial charge in [-0.05, 0) is 78.3 Å². The Morgan fingerprint density at radius 1 is 0.889 bits per heavy atom. The highest BCUT2D eigenvalue weighted by Gasteiger charge is 2.32. The third-order valence-corrected chi connectivity index (χ3v) is 6.47. The molecule has 7 nitrogen and oxygen atoms in total. The smallest absolute Gasteiger partial charge is 0.174 e. The van der Waals surface area contributed by atoms with E-state index in [0.717, 1.165) is 17.5 Å². The number of anilines is 1. The van der Waals surface area contributed by atoms with Crippen LogP contribution in [-0.2, 0) is 6.42 Å². The van der Waals surface area contributed by atoms with Crippen LogP contribution in [0.25, 0.3) is 0 Å². The molecule has 3 aromatic rings. The van der Waals surface area contributed by atoms with E-state index in [-0.39, 0.29) is 18.5 Å². The Labute approximate surface area is 215 Å². The van der Waals surface area contributed by atoms with Crippen LogP contribution in [0.1, 0.15) is 17.2 Å². The fourth-order valence-corrected chi connectivity index (χ4v) is 4.58. The predicted octanol–water partition coefficient (Wildman–Crippen LogP) is 5.24. The summed E-state index contributed by atoms with van der Waals surface area (Å²) >= 11 is 5.86. The lowest BCUT2D eigenvalue weighted by atomic mass is 9.92. The Morgan fingerprint density at radius 3 is 2.22 bits per heavy atom. The molecule has 0 aromatic heterocycles. The lowest BCUT2D eigenvalue weighted by molar-refractivity contribution is 0.190. The van der Waals surface area contributed by atoms with E-state index < -0.39 is 0 Å². The van der Waals surface area contributed by atoms with E-state index >= 15 is 0 Å². The van der Waals surface area contributed by atoms with Crippen molar-refractivity contribution in [1.29, 1.82) is 0 Å². The van der Waals surface area contributed by atoms with Crippen LogP contribution in [0.5, 0.6) is 28.7 Å². The second-order valence-corrected chi connectivity index (χ2v) is 8.51. The number of nitrogens with one attached hydrogen (secondary N) is 1. The molecule has 0 saturated heterocycles. The highest BCUT2D eigenvalue weighted by molar-refractivity contribution is 7.80. The van der Waals surface area contributed by atoms with Gasteiger partial charge in [0.2, 0.25) is 0 Å². The maximum atomic E-state index is 13.4. The molecule has 0 spiro atoms. The molecule has 1 heterocycles. The number of benzene rings is 3. The van der Waals surface area contributed by atoms with Crippen molar-refractivity contribution in [3.8, 4) is 28.7 Å². The molecule has 0 radical (unpaired) electrons. The molecule has 0 aliphatic carbocycles. The molecule has 0 amide bonds. The van der Waals surface area contributed by atoms with E-state index in [0.29, 0.717) is 46.1 Å². The number of ether oxygens (including phenoxy) is 5. The number of hydrogen-bond acceptors (Lipinski definition) is 6. The average Bonchev–Trinajstić information content (AvgIpc) is 2.91. The van der Waals surface area contributed by atoms with Crippen LogP contribution in [0.2, 0.25) is 0 Å². The Bertz CT molecular complexity index is 1220. The Balaban J connectivity index is 1.66. The van der Waals surface area contributed by atoms with Crippen molar-refractivity contribution in [3.63, 3.8) is 0 Å². The summed E-state index contributed by atoms with van der Waals surface area (Å²) in [6.45, 7) is 0.934. The van der Waals surface area contributed by atoms with Gasteiger partial charge in [-0.3, -0.25) is 0 Å². The van der Waals surface area contributed by atoms with Gasteiger partial charge in [0, 0.05) is 12.6 Å². The summed E-state index contributed by atoms with van der Waals surface area (Å²) in [4.78, 5) is 2.08. The van der Waals surface area contributed by atoms with Crippen molar-refractivity contribution >= 4 is 23.0 Å². The summed E-state index contributed by atoms with van der Waals surface area (Å²) < 4.78 is 41.4. The second-order valence-electron chi connectivity index (χ2n) is 8.13. The maximum absolute atomic E-state index is 13.4. The molecule has 0 saturated carbocycles. The number of thiocarbonyl (C=S) groups is 1. The molecule has 36 heavy (non-hydrogen) atoms. The Morgan fingerprint density at radius 2 is 1.56 bits per heavy atom. The van der Waals surface area contributed by atoms with Crippen LogP contribution in [0.4, 0.5) is 10.1 Å². The number of rotatable bonds is 8. The normalized spacial score (nSPS) is 14.5. The van der Waals surface area contributed by atoms with Crippen molar-refractivity contribution in [2.45, 2.75) is 12.5 Å². The quantitative estimate of drug-likeness (QED) is 0.412. The highest BCUT2D eigenvalue weighted by Crippen LogP contribution is 2.39. The second kappa shape index (κ2) is 11.3. The van der Waals surface area contributed by atoms with E-state index in [4.69, 9.17) is 35.9 Å². The molecule has 1 aliphatic rings. The molecule has 1 aliphatic heterocycles. The fraction of sp³-hybridized carbons (Fsp3) is 0.296. The topological polar surface area (TPSA) is 61.4 Å². The first-order valence-electron chi connectivity index (χ1n) is 11.4. The van der Waals surface area contributed by atoms with Gasteiger partial charge in [-0.2, -0.15) is 0 Å². The monoisotopic (exact) mass is 512 g/mol. The lowest BCUT2D eigenvalue weighted by Crippen LogP contribution is -2.44. The van der Waals surface area contributed by atoms with Gasteiger partial charge in [0.05, 0.1) is 40.2 Å². The van der Waals surface area contributed by atoms with Crippen LogP contribution < -0.4 is 29.0 Å². The maximum Gasteiger partial charge on any atom is 0.174 e. The van der Waals surface area contributed by atoms with Gasteiger partial charge in [-0.15, -0.1) is 0 Å². The van der Waals surface area contributed by atoms with E-state index in [9.17, 15) is 4.39 Å². The fourth-order valence-electron chi connectivity index (χ4n) is 4.26. The molecule has 3 aromatic carbocycles. The predicted molar refractivity (Wildman–Crippen MR) is 140 cm³/mol. The van der Waals surface area contributed by atoms with Crippen molar-refractivity contribution in [2.75, 3.05) is 46.9 Å². The minimum atomic E-state index is -0.318. The summed E-state index contributed by atoms with van der Waals surface area (Å²) in [6, 6.07) is 15.2. The van der Waals surface area contributed by atoms with Gasteiger partial charge < -0.3 is 33.9 Å². The SMILES string of the molecule is COc1ccc(OC)c(NC(=S)N2CCc3cc(OC)c(OC)cc3[C@H]2COc2ccc(F)cc2)c1. The van der Waals surface area contributed by atoms with Gasteiger partial charge in [0.1, 0.15) is 29.7 Å². The van der Waals surface area contributed by atoms with Crippen LogP contribution in [0, 0.1) is 5.82 Å². The lowest BCUT2D eigenvalue weighted by Gasteiger charge is -2.39. The average molecular weight is 513 g/mol. The van der Waals surface area contributed by atoms with Crippen molar-refractivity contribution in [2.24, 2.45) is 0 Å². The van der Waals surface area contributed by atoms with Crippen LogP contribution >= 0.6 is 12.2 Å². The van der Waals surface area contributed by atoms with E-state index in [1.54, 1.807) is 40.6 Å². The zero-order chi connectivity index (χ0) is 25.7. The van der Waals surface area contributed by atoms with E-state index in [1.807, 2.05) is 30.3 Å². The number of halogens is 1. The molecule has 9 heteroatoms. The summed E-state index contributed by atoms with van der Waals surface area (Å²) in [5.74, 6) is 2.86. The molecule has 4 rings (SSSR count). The zero-order valence-electron chi connectivity index (χ0n) is 20.7. The summed E-state index contributed by atoms with van der Waals surface area (Å²) in [5.41, 5.74) is 2.83. The Kier molecular flexibility index (Phi) is 8.00. The molecule has 0 fully saturated rings. The van der Waals surface area contributed by atoms with Gasteiger partial charge in [0.25, 0.3) is 0 Å². The third-order valence-electron chi connectivity index (χ3n) is 6.13. The van der Waals surface area contributed by atoms with Gasteiger partial charge in [0.15, 0.2) is 16.6 Å². The van der Waals surface area contributed by atoms with Gasteiger partial charge in [-0.25, -0.2) is 4.39 Å². The van der Waals surface area contributed by atoms with Gasteiger partial charge >= 0.3 is 0 Å². The number of methoxy groups -OCH3 is 4. The van der Waals surface area contributed by atoms with Crippen LogP contribution in [0.3, 0.4) is 0 Å². The summed E-state index contributed by atoms with van der Waals surface area (Å²) in [7, 11) is 6.44. The molecular weight excluding hydrogens is 483 g/mol. The van der Waals surface area contributed by atoms with E-state index in [1.165, 1.54) is 12.1 Å². The summed E-state index contributed by atoms with van der Waals surface area (Å²) in [6.07, 6.45) is 0.750.